The van der Waals surface area contributed by atoms with Crippen LogP contribution in [0.2, 0.25) is 0 Å². The Morgan fingerprint density at radius 2 is 1.59 bits per heavy atom. The fourth-order valence-corrected chi connectivity index (χ4v) is 2.00. The van der Waals surface area contributed by atoms with Crippen LogP contribution in [0, 0.1) is 23.7 Å². The summed E-state index contributed by atoms with van der Waals surface area (Å²) in [6, 6.07) is 19.3. The number of hydrogen-bond acceptors (Lipinski definition) is 2. The summed E-state index contributed by atoms with van der Waals surface area (Å²) in [6.07, 6.45) is 0. The Morgan fingerprint density at radius 3 is 2.18 bits per heavy atom. The minimum absolute atomic E-state index is 0.111. The van der Waals surface area contributed by atoms with Crippen molar-refractivity contribution in [3.05, 3.63) is 71.8 Å². The lowest BCUT2D eigenvalue weighted by Gasteiger charge is -2.14. The van der Waals surface area contributed by atoms with Crippen molar-refractivity contribution in [2.24, 2.45) is 11.8 Å². The first-order chi connectivity index (χ1) is 10.7. The SMILES string of the molecule is CC(C)C(C#Cc1ccccc1)C(=O)OCc1ccccc1. The first-order valence-corrected chi connectivity index (χ1v) is 7.44. The number of ether oxygens (including phenoxy) is 1. The summed E-state index contributed by atoms with van der Waals surface area (Å²) in [7, 11) is 0. The Labute approximate surface area is 132 Å². The van der Waals surface area contributed by atoms with Crippen molar-refractivity contribution in [1.29, 1.82) is 0 Å². The molecule has 0 aliphatic rings. The second kappa shape index (κ2) is 8.05. The lowest BCUT2D eigenvalue weighted by atomic mass is 9.96. The number of carbonyl (C=O) groups is 1. The van der Waals surface area contributed by atoms with E-state index in [9.17, 15) is 4.79 Å². The Bertz CT molecular complexity index is 648. The van der Waals surface area contributed by atoms with Crippen molar-refractivity contribution in [1.82, 2.24) is 0 Å². The normalized spacial score (nSPS) is 11.4. The molecule has 0 radical (unpaired) electrons. The summed E-state index contributed by atoms with van der Waals surface area (Å²) in [5, 5.41) is 0. The third-order valence-corrected chi connectivity index (χ3v) is 3.29. The molecule has 2 rings (SSSR count). The second-order valence-corrected chi connectivity index (χ2v) is 5.45. The van der Waals surface area contributed by atoms with Crippen LogP contribution in [0.5, 0.6) is 0 Å². The zero-order valence-electron chi connectivity index (χ0n) is 13.0. The van der Waals surface area contributed by atoms with Gasteiger partial charge in [0, 0.05) is 5.56 Å². The Balaban J connectivity index is 2.02. The molecule has 0 fully saturated rings. The molecule has 1 unspecified atom stereocenters. The number of hydrogen-bond donors (Lipinski definition) is 0. The predicted octanol–water partition coefficient (Wildman–Crippen LogP) is 4.05. The molecule has 0 aliphatic carbocycles. The first kappa shape index (κ1) is 15.9. The van der Waals surface area contributed by atoms with Crippen LogP contribution in [0.25, 0.3) is 0 Å². The van der Waals surface area contributed by atoms with Gasteiger partial charge in [0.25, 0.3) is 0 Å². The second-order valence-electron chi connectivity index (χ2n) is 5.45. The van der Waals surface area contributed by atoms with E-state index >= 15 is 0 Å². The van der Waals surface area contributed by atoms with Crippen LogP contribution in [-0.4, -0.2) is 5.97 Å². The van der Waals surface area contributed by atoms with E-state index in [1.165, 1.54) is 0 Å². The maximum Gasteiger partial charge on any atom is 0.321 e. The molecule has 0 amide bonds. The van der Waals surface area contributed by atoms with E-state index in [4.69, 9.17) is 4.74 Å². The van der Waals surface area contributed by atoms with Crippen molar-refractivity contribution in [3.63, 3.8) is 0 Å². The molecule has 112 valence electrons. The monoisotopic (exact) mass is 292 g/mol. The molecular weight excluding hydrogens is 272 g/mol. The molecule has 0 saturated heterocycles. The highest BCUT2D eigenvalue weighted by molar-refractivity contribution is 5.76. The number of benzene rings is 2. The molecule has 2 nitrogen and oxygen atoms in total. The van der Waals surface area contributed by atoms with Gasteiger partial charge in [-0.1, -0.05) is 74.2 Å². The fourth-order valence-electron chi connectivity index (χ4n) is 2.00. The third kappa shape index (κ3) is 4.79. The zero-order chi connectivity index (χ0) is 15.8. The Hall–Kier alpha value is -2.53. The number of carbonyl (C=O) groups excluding carboxylic acids is 1. The van der Waals surface area contributed by atoms with Crippen molar-refractivity contribution >= 4 is 5.97 Å². The molecule has 22 heavy (non-hydrogen) atoms. The van der Waals surface area contributed by atoms with Crippen LogP contribution < -0.4 is 0 Å². The van der Waals surface area contributed by atoms with Gasteiger partial charge in [-0.3, -0.25) is 4.79 Å². The molecular formula is C20H20O2. The molecule has 0 aromatic heterocycles. The minimum Gasteiger partial charge on any atom is -0.460 e. The van der Waals surface area contributed by atoms with Crippen LogP contribution in [0.3, 0.4) is 0 Å². The molecule has 1 atom stereocenters. The van der Waals surface area contributed by atoms with E-state index < -0.39 is 5.92 Å². The van der Waals surface area contributed by atoms with E-state index in [0.717, 1.165) is 11.1 Å². The van der Waals surface area contributed by atoms with Gasteiger partial charge in [0.15, 0.2) is 0 Å². The van der Waals surface area contributed by atoms with Gasteiger partial charge >= 0.3 is 5.97 Å². The van der Waals surface area contributed by atoms with Gasteiger partial charge in [-0.15, -0.1) is 0 Å². The Morgan fingerprint density at radius 1 is 1.00 bits per heavy atom. The summed E-state index contributed by atoms with van der Waals surface area (Å²) < 4.78 is 5.40. The average molecular weight is 292 g/mol. The minimum atomic E-state index is -0.413. The average Bonchev–Trinajstić information content (AvgIpc) is 2.55. The summed E-state index contributed by atoms with van der Waals surface area (Å²) in [5.74, 6) is 5.54. The standard InChI is InChI=1S/C20H20O2/c1-16(2)19(14-13-17-9-5-3-6-10-17)20(21)22-15-18-11-7-4-8-12-18/h3-12,16,19H,15H2,1-2H3. The topological polar surface area (TPSA) is 26.3 Å². The van der Waals surface area contributed by atoms with Gasteiger partial charge in [0.1, 0.15) is 12.5 Å². The third-order valence-electron chi connectivity index (χ3n) is 3.29. The quantitative estimate of drug-likeness (QED) is 0.627. The van der Waals surface area contributed by atoms with Crippen molar-refractivity contribution < 1.29 is 9.53 Å². The maximum atomic E-state index is 12.3. The zero-order valence-corrected chi connectivity index (χ0v) is 13.0. The van der Waals surface area contributed by atoms with Gasteiger partial charge < -0.3 is 4.74 Å². The number of esters is 1. The van der Waals surface area contributed by atoms with Gasteiger partial charge in [0.05, 0.1) is 0 Å². The first-order valence-electron chi connectivity index (χ1n) is 7.44. The van der Waals surface area contributed by atoms with Crippen LogP contribution in [0.15, 0.2) is 60.7 Å². The van der Waals surface area contributed by atoms with Gasteiger partial charge in [-0.25, -0.2) is 0 Å². The van der Waals surface area contributed by atoms with Gasteiger partial charge in [0.2, 0.25) is 0 Å². The van der Waals surface area contributed by atoms with Crippen molar-refractivity contribution in [2.75, 3.05) is 0 Å². The van der Waals surface area contributed by atoms with E-state index in [1.54, 1.807) is 0 Å². The van der Waals surface area contributed by atoms with Gasteiger partial charge in [-0.05, 0) is 23.6 Å². The van der Waals surface area contributed by atoms with Crippen LogP contribution in [0.1, 0.15) is 25.0 Å². The van der Waals surface area contributed by atoms with Crippen LogP contribution >= 0.6 is 0 Å². The summed E-state index contributed by atoms with van der Waals surface area (Å²) in [6.45, 7) is 4.25. The van der Waals surface area contributed by atoms with E-state index in [-0.39, 0.29) is 18.5 Å². The molecule has 0 spiro atoms. The lowest BCUT2D eigenvalue weighted by molar-refractivity contribution is -0.149. The van der Waals surface area contributed by atoms with E-state index in [2.05, 4.69) is 11.8 Å². The van der Waals surface area contributed by atoms with Crippen LogP contribution in [-0.2, 0) is 16.1 Å². The fraction of sp³-hybridized carbons (Fsp3) is 0.250. The van der Waals surface area contributed by atoms with Crippen LogP contribution in [0.4, 0.5) is 0 Å². The van der Waals surface area contributed by atoms with Crippen molar-refractivity contribution in [3.8, 4) is 11.8 Å². The maximum absolute atomic E-state index is 12.3. The van der Waals surface area contributed by atoms with Crippen molar-refractivity contribution in [2.45, 2.75) is 20.5 Å². The molecule has 0 saturated carbocycles. The molecule has 2 heteroatoms. The molecule has 2 aromatic rings. The summed E-state index contributed by atoms with van der Waals surface area (Å²) >= 11 is 0. The molecule has 0 N–H and O–H groups in total. The molecule has 0 heterocycles. The smallest absolute Gasteiger partial charge is 0.321 e. The molecule has 2 aromatic carbocycles. The summed E-state index contributed by atoms with van der Waals surface area (Å²) in [5.41, 5.74) is 1.89. The van der Waals surface area contributed by atoms with Gasteiger partial charge in [-0.2, -0.15) is 0 Å². The highest BCUT2D eigenvalue weighted by atomic mass is 16.5. The highest BCUT2D eigenvalue weighted by Crippen LogP contribution is 2.14. The predicted molar refractivity (Wildman–Crippen MR) is 87.9 cm³/mol. The Kier molecular flexibility index (Phi) is 5.80. The lowest BCUT2D eigenvalue weighted by Crippen LogP contribution is -2.21. The number of rotatable bonds is 4. The molecule has 0 bridgehead atoms. The summed E-state index contributed by atoms with van der Waals surface area (Å²) in [4.78, 5) is 12.3. The highest BCUT2D eigenvalue weighted by Gasteiger charge is 2.21. The van der Waals surface area contributed by atoms with E-state index in [0.29, 0.717) is 0 Å². The van der Waals surface area contributed by atoms with E-state index in [1.807, 2.05) is 74.5 Å². The largest absolute Gasteiger partial charge is 0.460 e. The molecule has 0 aliphatic heterocycles.